The maximum Gasteiger partial charge on any atom is 0.407 e. The molecule has 0 saturated heterocycles. The molecule has 0 aromatic carbocycles. The van der Waals surface area contributed by atoms with Gasteiger partial charge in [0.25, 0.3) is 0 Å². The summed E-state index contributed by atoms with van der Waals surface area (Å²) < 4.78 is 5.31. The molecule has 2 rings (SSSR count). The monoisotopic (exact) mass is 535 g/mol. The minimum Gasteiger partial charge on any atom is -0.444 e. The number of nitrogens with one attached hydrogen (secondary N) is 1. The van der Waals surface area contributed by atoms with Crippen LogP contribution in [-0.2, 0) is 4.74 Å². The molecule has 4 nitrogen and oxygen atoms in total. The second-order valence-electron chi connectivity index (χ2n) is 10.7. The van der Waals surface area contributed by atoms with Gasteiger partial charge in [0.05, 0.1) is 12.6 Å². The van der Waals surface area contributed by atoms with Crippen LogP contribution in [0.5, 0.6) is 0 Å². The lowest BCUT2D eigenvalue weighted by atomic mass is 9.88. The fraction of sp³-hybridized carbons (Fsp3) is 0.633. The number of rotatable bonds is 13. The van der Waals surface area contributed by atoms with Crippen molar-refractivity contribution in [2.24, 2.45) is 5.92 Å². The van der Waals surface area contributed by atoms with Gasteiger partial charge < -0.3 is 15.2 Å². The van der Waals surface area contributed by atoms with Crippen LogP contribution >= 0.6 is 23.4 Å². The highest BCUT2D eigenvalue weighted by atomic mass is 35.5. The van der Waals surface area contributed by atoms with Crippen LogP contribution in [0.3, 0.4) is 0 Å². The Morgan fingerprint density at radius 3 is 2.67 bits per heavy atom. The number of hydrogen-bond acceptors (Lipinski definition) is 4. The Balaban J connectivity index is 1.77. The quantitative estimate of drug-likeness (QED) is 0.141. The smallest absolute Gasteiger partial charge is 0.407 e. The molecule has 0 fully saturated rings. The number of aliphatic hydroxyl groups excluding tert-OH is 1. The van der Waals surface area contributed by atoms with Crippen molar-refractivity contribution in [3.05, 3.63) is 57.9 Å². The molecule has 0 bridgehead atoms. The van der Waals surface area contributed by atoms with Crippen molar-refractivity contribution in [3.8, 4) is 0 Å². The first kappa shape index (κ1) is 30.8. The minimum atomic E-state index is -0.555. The molecule has 202 valence electrons. The lowest BCUT2D eigenvalue weighted by molar-refractivity contribution is 0.0476. The van der Waals surface area contributed by atoms with Crippen molar-refractivity contribution in [3.63, 3.8) is 0 Å². The Hall–Kier alpha value is -1.43. The first-order valence-electron chi connectivity index (χ1n) is 13.5. The van der Waals surface area contributed by atoms with Crippen LogP contribution in [0.4, 0.5) is 4.79 Å². The zero-order valence-corrected chi connectivity index (χ0v) is 24.2. The van der Waals surface area contributed by atoms with E-state index in [0.29, 0.717) is 12.3 Å². The number of unbranched alkanes of at least 4 members (excludes halogenated alkanes) is 1. The number of ether oxygens (including phenoxy) is 1. The third-order valence-electron chi connectivity index (χ3n) is 6.29. The summed E-state index contributed by atoms with van der Waals surface area (Å²) in [6.45, 7) is 7.45. The van der Waals surface area contributed by atoms with Gasteiger partial charge in [-0.1, -0.05) is 53.8 Å². The first-order valence-corrected chi connectivity index (χ1v) is 14.7. The molecule has 1 amide bonds. The molecule has 0 spiro atoms. The van der Waals surface area contributed by atoms with Crippen LogP contribution in [0.25, 0.3) is 0 Å². The number of alkyl halides is 1. The maximum atomic E-state index is 12.0. The van der Waals surface area contributed by atoms with Gasteiger partial charge in [0.1, 0.15) is 5.60 Å². The highest BCUT2D eigenvalue weighted by Crippen LogP contribution is 2.41. The average Bonchev–Trinajstić information content (AvgIpc) is 2.81. The van der Waals surface area contributed by atoms with Gasteiger partial charge in [-0.05, 0) is 114 Å². The van der Waals surface area contributed by atoms with E-state index in [4.69, 9.17) is 16.3 Å². The van der Waals surface area contributed by atoms with E-state index in [-0.39, 0.29) is 18.0 Å². The zero-order chi connectivity index (χ0) is 26.4. The molecule has 36 heavy (non-hydrogen) atoms. The van der Waals surface area contributed by atoms with Gasteiger partial charge in [0, 0.05) is 5.38 Å². The van der Waals surface area contributed by atoms with E-state index in [1.165, 1.54) is 15.4 Å². The van der Waals surface area contributed by atoms with Gasteiger partial charge >= 0.3 is 6.09 Å². The highest BCUT2D eigenvalue weighted by molar-refractivity contribution is 8.06. The Kier molecular flexibility index (Phi) is 14.0. The molecule has 0 aromatic heterocycles. The molecule has 0 radical (unpaired) electrons. The lowest BCUT2D eigenvalue weighted by Crippen LogP contribution is -2.41. The van der Waals surface area contributed by atoms with Gasteiger partial charge in [-0.15, -0.1) is 11.6 Å². The Labute approximate surface area is 228 Å². The highest BCUT2D eigenvalue weighted by Gasteiger charge is 2.27. The van der Waals surface area contributed by atoms with E-state index in [1.54, 1.807) is 0 Å². The number of aliphatic hydroxyl groups is 1. The van der Waals surface area contributed by atoms with Gasteiger partial charge in [-0.2, -0.15) is 0 Å². The summed E-state index contributed by atoms with van der Waals surface area (Å²) in [6, 6.07) is -0.316. The molecule has 0 heterocycles. The second-order valence-corrected chi connectivity index (χ2v) is 12.5. The van der Waals surface area contributed by atoms with Crippen LogP contribution in [0.15, 0.2) is 57.9 Å². The van der Waals surface area contributed by atoms with Crippen molar-refractivity contribution in [2.75, 3.05) is 6.61 Å². The van der Waals surface area contributed by atoms with Crippen molar-refractivity contribution in [1.29, 1.82) is 0 Å². The van der Waals surface area contributed by atoms with E-state index in [0.717, 1.165) is 57.8 Å². The van der Waals surface area contributed by atoms with Crippen LogP contribution in [0, 0.1) is 5.92 Å². The summed E-state index contributed by atoms with van der Waals surface area (Å²) in [5.74, 6) is 0.348. The van der Waals surface area contributed by atoms with Crippen molar-refractivity contribution >= 4 is 29.5 Å². The number of hydrogen-bond donors (Lipinski definition) is 2. The molecule has 2 aliphatic carbocycles. The summed E-state index contributed by atoms with van der Waals surface area (Å²) in [6.07, 6.45) is 25.6. The fourth-order valence-electron chi connectivity index (χ4n) is 4.36. The molecule has 2 aliphatic rings. The number of amides is 1. The summed E-state index contributed by atoms with van der Waals surface area (Å²) in [5, 5.41) is 12.5. The van der Waals surface area contributed by atoms with E-state index in [1.807, 2.05) is 32.5 Å². The topological polar surface area (TPSA) is 58.6 Å². The van der Waals surface area contributed by atoms with E-state index in [2.05, 4.69) is 54.8 Å². The Bertz CT molecular complexity index is 838. The number of carbonyl (C=O) groups is 1. The number of thioether (sulfide) groups is 1. The van der Waals surface area contributed by atoms with Crippen LogP contribution < -0.4 is 5.32 Å². The third kappa shape index (κ3) is 12.7. The van der Waals surface area contributed by atoms with Crippen molar-refractivity contribution < 1.29 is 14.6 Å². The molecule has 3 unspecified atom stereocenters. The Morgan fingerprint density at radius 1 is 1.22 bits per heavy atom. The lowest BCUT2D eigenvalue weighted by Gasteiger charge is -2.29. The second kappa shape index (κ2) is 16.4. The zero-order valence-electron chi connectivity index (χ0n) is 22.6. The number of halogens is 1. The number of allylic oxidation sites excluding steroid dienone is 10. The number of carbonyl (C=O) groups excluding carboxylic acids is 1. The molecule has 0 aliphatic heterocycles. The normalized spacial score (nSPS) is 21.8. The predicted octanol–water partition coefficient (Wildman–Crippen LogP) is 8.58. The van der Waals surface area contributed by atoms with Gasteiger partial charge in [0.2, 0.25) is 0 Å². The Morgan fingerprint density at radius 2 is 1.97 bits per heavy atom. The molecule has 6 heteroatoms. The first-order chi connectivity index (χ1) is 17.2. The van der Waals surface area contributed by atoms with Crippen LogP contribution in [-0.4, -0.2) is 34.8 Å². The fourth-order valence-corrected chi connectivity index (χ4v) is 6.05. The van der Waals surface area contributed by atoms with Crippen LogP contribution in [0.2, 0.25) is 0 Å². The van der Waals surface area contributed by atoms with E-state index < -0.39 is 11.7 Å². The largest absolute Gasteiger partial charge is 0.444 e. The van der Waals surface area contributed by atoms with Crippen LogP contribution in [0.1, 0.15) is 91.9 Å². The summed E-state index contributed by atoms with van der Waals surface area (Å²) in [4.78, 5) is 14.8. The standard InChI is InChI=1S/C30H46ClNO3S/c1-5-6-7-8-9-10-11-13-23-14-12-15-26(20-23)36-27-19-17-24(28(31)21-27)16-18-25(22-33)32-29(34)35-30(2,3)4/h5-6,9-10,14,19-20,24-25,28,33H,7-8,11-13,15-18,21-22H2,1-4H3,(H,32,34)/b6-5-,10-9+. The predicted molar refractivity (Wildman–Crippen MR) is 155 cm³/mol. The van der Waals surface area contributed by atoms with Crippen molar-refractivity contribution in [2.45, 2.75) is 109 Å². The maximum absolute atomic E-state index is 12.0. The van der Waals surface area contributed by atoms with Crippen molar-refractivity contribution in [1.82, 2.24) is 5.32 Å². The third-order valence-corrected chi connectivity index (χ3v) is 7.98. The SMILES string of the molecule is C/C=C\CC/C=C/CCC1=CCCC(SC2=CCC(CCC(CO)NC(=O)OC(C)(C)C)C(Cl)C2)=C1. The molecule has 2 N–H and O–H groups in total. The number of alkyl carbamates (subject to hydrolysis) is 1. The molecule has 0 aromatic rings. The average molecular weight is 536 g/mol. The molecular weight excluding hydrogens is 490 g/mol. The summed E-state index contributed by atoms with van der Waals surface area (Å²) in [5.41, 5.74) is 0.895. The van der Waals surface area contributed by atoms with E-state index >= 15 is 0 Å². The molecular formula is C30H46ClNO3S. The molecule has 3 atom stereocenters. The van der Waals surface area contributed by atoms with Gasteiger partial charge in [0.15, 0.2) is 0 Å². The van der Waals surface area contributed by atoms with Gasteiger partial charge in [-0.3, -0.25) is 0 Å². The summed E-state index contributed by atoms with van der Waals surface area (Å²) >= 11 is 8.71. The van der Waals surface area contributed by atoms with Gasteiger partial charge in [-0.25, -0.2) is 4.79 Å². The molecule has 0 saturated carbocycles. The summed E-state index contributed by atoms with van der Waals surface area (Å²) in [7, 11) is 0. The van der Waals surface area contributed by atoms with E-state index in [9.17, 15) is 9.90 Å². The minimum absolute atomic E-state index is 0.0743.